The fourth-order valence-corrected chi connectivity index (χ4v) is 4.56. The second-order valence-electron chi connectivity index (χ2n) is 6.31. The summed E-state index contributed by atoms with van der Waals surface area (Å²) in [4.78, 5) is 14.7. The molecule has 0 bridgehead atoms. The number of amides is 1. The van der Waals surface area contributed by atoms with Crippen LogP contribution in [0.25, 0.3) is 0 Å². The third kappa shape index (κ3) is 4.62. The molecule has 1 heterocycles. The van der Waals surface area contributed by atoms with Crippen molar-refractivity contribution in [3.05, 3.63) is 58.1 Å². The Bertz CT molecular complexity index is 941. The van der Waals surface area contributed by atoms with Gasteiger partial charge in [0, 0.05) is 36.9 Å². The standard InChI is InChI=1S/C18H19Cl2N3O3S/c1-22-8-10-23(11-9-22)27(25,26)15-5-3-14(4-6-15)21-18(24)16-12-13(19)2-7-17(16)20/h2-7,12H,8-11H2,1H3,(H,21,24). The van der Waals surface area contributed by atoms with Crippen LogP contribution < -0.4 is 5.32 Å². The summed E-state index contributed by atoms with van der Waals surface area (Å²) in [6.07, 6.45) is 0. The summed E-state index contributed by atoms with van der Waals surface area (Å²) in [5.74, 6) is -0.419. The molecule has 2 aromatic carbocycles. The summed E-state index contributed by atoms with van der Waals surface area (Å²) < 4.78 is 26.9. The van der Waals surface area contributed by atoms with Crippen LogP contribution >= 0.6 is 23.2 Å². The van der Waals surface area contributed by atoms with Gasteiger partial charge in [-0.1, -0.05) is 23.2 Å². The number of hydrogen-bond acceptors (Lipinski definition) is 4. The molecular weight excluding hydrogens is 409 g/mol. The fraction of sp³-hybridized carbons (Fsp3) is 0.278. The number of benzene rings is 2. The molecule has 0 unspecified atom stereocenters. The van der Waals surface area contributed by atoms with Crippen molar-refractivity contribution in [3.8, 4) is 0 Å². The molecule has 1 N–H and O–H groups in total. The predicted octanol–water partition coefficient (Wildman–Crippen LogP) is 3.18. The minimum Gasteiger partial charge on any atom is -0.322 e. The van der Waals surface area contributed by atoms with E-state index in [0.717, 1.165) is 0 Å². The Kier molecular flexibility index (Phi) is 6.08. The second-order valence-corrected chi connectivity index (χ2v) is 9.09. The number of rotatable bonds is 4. The number of halogens is 2. The highest BCUT2D eigenvalue weighted by Gasteiger charge is 2.27. The molecule has 1 aliphatic rings. The lowest BCUT2D eigenvalue weighted by Gasteiger charge is -2.31. The zero-order valence-corrected chi connectivity index (χ0v) is 17.0. The van der Waals surface area contributed by atoms with E-state index in [1.807, 2.05) is 7.05 Å². The van der Waals surface area contributed by atoms with Gasteiger partial charge in [0.2, 0.25) is 10.0 Å². The number of sulfonamides is 1. The summed E-state index contributed by atoms with van der Waals surface area (Å²) >= 11 is 11.9. The van der Waals surface area contributed by atoms with Gasteiger partial charge in [0.15, 0.2) is 0 Å². The molecule has 6 nitrogen and oxygen atoms in total. The lowest BCUT2D eigenvalue weighted by molar-refractivity contribution is 0.102. The minimum absolute atomic E-state index is 0.200. The van der Waals surface area contributed by atoms with Crippen LogP contribution in [0.3, 0.4) is 0 Å². The first-order valence-electron chi connectivity index (χ1n) is 8.32. The minimum atomic E-state index is -3.54. The van der Waals surface area contributed by atoms with E-state index in [4.69, 9.17) is 23.2 Å². The zero-order valence-electron chi connectivity index (χ0n) is 14.7. The van der Waals surface area contributed by atoms with Crippen molar-refractivity contribution in [1.29, 1.82) is 0 Å². The Labute approximate surface area is 168 Å². The third-order valence-electron chi connectivity index (χ3n) is 4.39. The number of piperazine rings is 1. The Morgan fingerprint density at radius 1 is 1.00 bits per heavy atom. The molecule has 0 spiro atoms. The van der Waals surface area contributed by atoms with Gasteiger partial charge in [0.05, 0.1) is 15.5 Å². The smallest absolute Gasteiger partial charge is 0.257 e. The molecule has 0 atom stereocenters. The van der Waals surface area contributed by atoms with E-state index in [0.29, 0.717) is 36.9 Å². The number of nitrogens with zero attached hydrogens (tertiary/aromatic N) is 2. The summed E-state index contributed by atoms with van der Waals surface area (Å²) in [6, 6.07) is 10.7. The second kappa shape index (κ2) is 8.16. The van der Waals surface area contributed by atoms with Crippen LogP contribution in [0.5, 0.6) is 0 Å². The van der Waals surface area contributed by atoms with Crippen LogP contribution in [-0.2, 0) is 10.0 Å². The molecule has 27 heavy (non-hydrogen) atoms. The zero-order chi connectivity index (χ0) is 19.6. The molecule has 1 amide bonds. The van der Waals surface area contributed by atoms with Gasteiger partial charge in [-0.3, -0.25) is 4.79 Å². The molecule has 0 aliphatic carbocycles. The Balaban J connectivity index is 1.73. The molecule has 9 heteroatoms. The summed E-state index contributed by atoms with van der Waals surface area (Å²) in [5.41, 5.74) is 0.715. The molecule has 144 valence electrons. The van der Waals surface area contributed by atoms with Gasteiger partial charge in [-0.15, -0.1) is 0 Å². The van der Waals surface area contributed by atoms with Crippen molar-refractivity contribution in [3.63, 3.8) is 0 Å². The number of anilines is 1. The van der Waals surface area contributed by atoms with Crippen LogP contribution in [0.2, 0.25) is 10.0 Å². The maximum Gasteiger partial charge on any atom is 0.257 e. The average molecular weight is 428 g/mol. The highest BCUT2D eigenvalue weighted by Crippen LogP contribution is 2.23. The van der Waals surface area contributed by atoms with Gasteiger partial charge in [0.1, 0.15) is 0 Å². The van der Waals surface area contributed by atoms with Crippen LogP contribution in [0.15, 0.2) is 47.4 Å². The molecular formula is C18H19Cl2N3O3S. The first-order valence-corrected chi connectivity index (χ1v) is 10.5. The van der Waals surface area contributed by atoms with E-state index >= 15 is 0 Å². The lowest BCUT2D eigenvalue weighted by Crippen LogP contribution is -2.46. The summed E-state index contributed by atoms with van der Waals surface area (Å²) in [7, 11) is -1.57. The molecule has 0 aromatic heterocycles. The fourth-order valence-electron chi connectivity index (χ4n) is 2.76. The summed E-state index contributed by atoms with van der Waals surface area (Å²) in [5, 5.41) is 3.38. The van der Waals surface area contributed by atoms with Crippen molar-refractivity contribution < 1.29 is 13.2 Å². The van der Waals surface area contributed by atoms with Gasteiger partial charge in [-0.05, 0) is 49.5 Å². The van der Waals surface area contributed by atoms with Crippen molar-refractivity contribution in [1.82, 2.24) is 9.21 Å². The molecule has 2 aromatic rings. The van der Waals surface area contributed by atoms with Crippen LogP contribution in [-0.4, -0.2) is 56.8 Å². The van der Waals surface area contributed by atoms with Crippen LogP contribution in [0.1, 0.15) is 10.4 Å². The molecule has 0 saturated carbocycles. The number of nitrogens with one attached hydrogen (secondary N) is 1. The van der Waals surface area contributed by atoms with Crippen molar-refractivity contribution in [2.75, 3.05) is 38.5 Å². The van der Waals surface area contributed by atoms with E-state index in [-0.39, 0.29) is 15.5 Å². The van der Waals surface area contributed by atoms with Crippen molar-refractivity contribution in [2.45, 2.75) is 4.90 Å². The largest absolute Gasteiger partial charge is 0.322 e. The Morgan fingerprint density at radius 3 is 2.26 bits per heavy atom. The predicted molar refractivity (Wildman–Crippen MR) is 107 cm³/mol. The topological polar surface area (TPSA) is 69.7 Å². The van der Waals surface area contributed by atoms with E-state index in [1.54, 1.807) is 24.3 Å². The van der Waals surface area contributed by atoms with Gasteiger partial charge >= 0.3 is 0 Å². The van der Waals surface area contributed by atoms with Crippen LogP contribution in [0.4, 0.5) is 5.69 Å². The highest BCUT2D eigenvalue weighted by atomic mass is 35.5. The lowest BCUT2D eigenvalue weighted by atomic mass is 10.2. The van der Waals surface area contributed by atoms with E-state index in [9.17, 15) is 13.2 Å². The van der Waals surface area contributed by atoms with E-state index in [1.165, 1.54) is 22.5 Å². The number of hydrogen-bond donors (Lipinski definition) is 1. The Morgan fingerprint density at radius 2 is 1.63 bits per heavy atom. The van der Waals surface area contributed by atoms with Gasteiger partial charge < -0.3 is 10.2 Å². The molecule has 3 rings (SSSR count). The summed E-state index contributed by atoms with van der Waals surface area (Å²) in [6.45, 7) is 2.33. The van der Waals surface area contributed by atoms with Crippen molar-refractivity contribution in [2.24, 2.45) is 0 Å². The molecule has 1 saturated heterocycles. The monoisotopic (exact) mass is 427 g/mol. The average Bonchev–Trinajstić information content (AvgIpc) is 2.64. The maximum atomic E-state index is 12.7. The maximum absolute atomic E-state index is 12.7. The number of likely N-dealkylation sites (N-methyl/N-ethyl adjacent to an activating group) is 1. The number of carbonyl (C=O) groups excluding carboxylic acids is 1. The van der Waals surface area contributed by atoms with Crippen LogP contribution in [0, 0.1) is 0 Å². The first-order chi connectivity index (χ1) is 12.8. The van der Waals surface area contributed by atoms with E-state index < -0.39 is 15.9 Å². The SMILES string of the molecule is CN1CCN(S(=O)(=O)c2ccc(NC(=O)c3cc(Cl)ccc3Cl)cc2)CC1. The molecule has 1 fully saturated rings. The highest BCUT2D eigenvalue weighted by molar-refractivity contribution is 7.89. The quantitative estimate of drug-likeness (QED) is 0.812. The molecule has 0 radical (unpaired) electrons. The Hall–Kier alpha value is -1.64. The molecule has 1 aliphatic heterocycles. The number of carbonyl (C=O) groups is 1. The third-order valence-corrected chi connectivity index (χ3v) is 6.86. The van der Waals surface area contributed by atoms with Gasteiger partial charge in [-0.2, -0.15) is 4.31 Å². The first kappa shape index (κ1) is 20.1. The van der Waals surface area contributed by atoms with E-state index in [2.05, 4.69) is 10.2 Å². The normalized spacial score (nSPS) is 16.3. The van der Waals surface area contributed by atoms with Gasteiger partial charge in [-0.25, -0.2) is 8.42 Å². The van der Waals surface area contributed by atoms with Crippen molar-refractivity contribution >= 4 is 44.8 Å². The van der Waals surface area contributed by atoms with Gasteiger partial charge in [0.25, 0.3) is 5.91 Å².